The molecule has 0 saturated heterocycles. The highest BCUT2D eigenvalue weighted by Gasteiger charge is 2.22. The lowest BCUT2D eigenvalue weighted by Crippen LogP contribution is -2.13. The Morgan fingerprint density at radius 3 is 1.47 bits per heavy atom. The number of para-hydroxylation sites is 1. The average Bonchev–Trinajstić information content (AvgIpc) is 3.69. The molecule has 1 aromatic heterocycles. The molecule has 0 bridgehead atoms. The fourth-order valence-corrected chi connectivity index (χ4v) is 8.66. The van der Waals surface area contributed by atoms with Crippen LogP contribution in [0.5, 0.6) is 0 Å². The van der Waals surface area contributed by atoms with E-state index in [0.717, 1.165) is 61.3 Å². The van der Waals surface area contributed by atoms with E-state index in [1.165, 1.54) is 38.9 Å². The van der Waals surface area contributed by atoms with Gasteiger partial charge in [0, 0.05) is 27.8 Å². The molecule has 60 heavy (non-hydrogen) atoms. The minimum absolute atomic E-state index is 0.0476. The molecule has 2 heteroatoms. The first kappa shape index (κ1) is 36.9. The van der Waals surface area contributed by atoms with E-state index in [0.29, 0.717) is 0 Å². The van der Waals surface area contributed by atoms with Gasteiger partial charge in [-0.2, -0.15) is 0 Å². The Labute approximate surface area is 352 Å². The van der Waals surface area contributed by atoms with E-state index >= 15 is 0 Å². The minimum Gasteiger partial charge on any atom is -0.456 e. The molecule has 2 nitrogen and oxygen atoms in total. The molecule has 0 fully saturated rings. The second kappa shape index (κ2) is 15.4. The molecule has 0 atom stereocenters. The predicted molar refractivity (Wildman–Crippen MR) is 254 cm³/mol. The van der Waals surface area contributed by atoms with Crippen LogP contribution in [0.1, 0.15) is 26.3 Å². The van der Waals surface area contributed by atoms with Crippen LogP contribution in [0.2, 0.25) is 0 Å². The number of anilines is 3. The van der Waals surface area contributed by atoms with Crippen molar-refractivity contribution in [1.29, 1.82) is 0 Å². The van der Waals surface area contributed by atoms with Gasteiger partial charge >= 0.3 is 0 Å². The molecule has 10 rings (SSSR count). The third kappa shape index (κ3) is 6.97. The van der Waals surface area contributed by atoms with Crippen molar-refractivity contribution in [3.63, 3.8) is 0 Å². The van der Waals surface area contributed by atoms with E-state index in [1.807, 2.05) is 6.07 Å². The molecule has 0 amide bonds. The topological polar surface area (TPSA) is 16.4 Å². The molecule has 0 aliphatic rings. The Morgan fingerprint density at radius 2 is 0.817 bits per heavy atom. The first-order valence-corrected chi connectivity index (χ1v) is 20.8. The monoisotopic (exact) mass is 771 g/mol. The van der Waals surface area contributed by atoms with Crippen molar-refractivity contribution in [1.82, 2.24) is 0 Å². The molecule has 0 aliphatic heterocycles. The minimum atomic E-state index is -0.0476. The van der Waals surface area contributed by atoms with E-state index < -0.39 is 0 Å². The number of fused-ring (bicyclic) bond motifs is 3. The van der Waals surface area contributed by atoms with Gasteiger partial charge in [-0.25, -0.2) is 0 Å². The zero-order chi connectivity index (χ0) is 40.6. The van der Waals surface area contributed by atoms with Crippen LogP contribution in [-0.2, 0) is 5.41 Å². The van der Waals surface area contributed by atoms with Crippen molar-refractivity contribution in [2.24, 2.45) is 0 Å². The summed E-state index contributed by atoms with van der Waals surface area (Å²) in [6.07, 6.45) is 0. The highest BCUT2D eigenvalue weighted by Crippen LogP contribution is 2.45. The third-order valence-corrected chi connectivity index (χ3v) is 11.6. The lowest BCUT2D eigenvalue weighted by Gasteiger charge is -2.28. The Kier molecular flexibility index (Phi) is 9.47. The summed E-state index contributed by atoms with van der Waals surface area (Å²) in [6, 6.07) is 78.6. The van der Waals surface area contributed by atoms with E-state index in [1.54, 1.807) is 0 Å². The van der Waals surface area contributed by atoms with Crippen molar-refractivity contribution >= 4 is 39.0 Å². The lowest BCUT2D eigenvalue weighted by molar-refractivity contribution is 0.592. The molecular formula is C58H45NO. The zero-order valence-corrected chi connectivity index (χ0v) is 34.1. The lowest BCUT2D eigenvalue weighted by atomic mass is 9.80. The van der Waals surface area contributed by atoms with Gasteiger partial charge in [-0.15, -0.1) is 0 Å². The van der Waals surface area contributed by atoms with Gasteiger partial charge < -0.3 is 9.32 Å². The van der Waals surface area contributed by atoms with Crippen LogP contribution in [0, 0.1) is 0 Å². The molecule has 0 unspecified atom stereocenters. The van der Waals surface area contributed by atoms with E-state index in [4.69, 9.17) is 4.42 Å². The van der Waals surface area contributed by atoms with Gasteiger partial charge in [0.25, 0.3) is 0 Å². The van der Waals surface area contributed by atoms with E-state index in [-0.39, 0.29) is 5.41 Å². The summed E-state index contributed by atoms with van der Waals surface area (Å²) in [5.74, 6) is 0. The summed E-state index contributed by atoms with van der Waals surface area (Å²) in [6.45, 7) is 6.91. The largest absolute Gasteiger partial charge is 0.456 e. The van der Waals surface area contributed by atoms with E-state index in [2.05, 4.69) is 238 Å². The summed E-state index contributed by atoms with van der Waals surface area (Å²) in [5.41, 5.74) is 18.2. The summed E-state index contributed by atoms with van der Waals surface area (Å²) in [5, 5.41) is 2.25. The summed E-state index contributed by atoms with van der Waals surface area (Å²) < 4.78 is 6.36. The van der Waals surface area contributed by atoms with Crippen LogP contribution in [0.3, 0.4) is 0 Å². The Morgan fingerprint density at radius 1 is 0.333 bits per heavy atom. The van der Waals surface area contributed by atoms with Gasteiger partial charge in [0.2, 0.25) is 0 Å². The van der Waals surface area contributed by atoms with Gasteiger partial charge in [0.05, 0.1) is 0 Å². The van der Waals surface area contributed by atoms with Crippen LogP contribution < -0.4 is 4.90 Å². The highest BCUT2D eigenvalue weighted by atomic mass is 16.3. The molecule has 0 aliphatic carbocycles. The molecule has 10 aromatic rings. The number of benzene rings is 9. The quantitative estimate of drug-likeness (QED) is 0.153. The maximum Gasteiger partial charge on any atom is 0.136 e. The molecule has 9 aromatic carbocycles. The predicted octanol–water partition coefficient (Wildman–Crippen LogP) is 16.7. The molecule has 0 spiro atoms. The van der Waals surface area contributed by atoms with E-state index in [9.17, 15) is 0 Å². The number of hydrogen-bond acceptors (Lipinski definition) is 2. The Balaban J connectivity index is 1.12. The summed E-state index contributed by atoms with van der Waals surface area (Å²) in [4.78, 5) is 2.38. The molecule has 1 heterocycles. The smallest absolute Gasteiger partial charge is 0.136 e. The second-order valence-electron chi connectivity index (χ2n) is 16.5. The standard InChI is InChI=1S/C58H45NO/c1-58(2,3)54-38-45(41-18-9-5-10-19-41)30-36-49(54)44-28-33-47(34-29-44)59(46-31-26-42(27-32-46)40-16-7-4-8-17-40)48-35-37-50(53(39-48)43-20-11-6-12-21-43)51-23-15-25-56-57(51)52-22-13-14-24-55(52)60-56/h4-39H,1-3H3. The number of hydrogen-bond donors (Lipinski definition) is 0. The first-order valence-electron chi connectivity index (χ1n) is 20.8. The average molecular weight is 772 g/mol. The number of rotatable bonds is 8. The maximum atomic E-state index is 6.36. The first-order chi connectivity index (χ1) is 29.4. The van der Waals surface area contributed by atoms with Crippen LogP contribution in [0.15, 0.2) is 223 Å². The third-order valence-electron chi connectivity index (χ3n) is 11.6. The van der Waals surface area contributed by atoms with Crippen molar-refractivity contribution in [2.45, 2.75) is 26.2 Å². The van der Waals surface area contributed by atoms with Crippen LogP contribution >= 0.6 is 0 Å². The van der Waals surface area contributed by atoms with Crippen molar-refractivity contribution in [3.05, 3.63) is 224 Å². The van der Waals surface area contributed by atoms with Crippen LogP contribution in [0.4, 0.5) is 17.1 Å². The number of furan rings is 1. The van der Waals surface area contributed by atoms with Crippen molar-refractivity contribution < 1.29 is 4.42 Å². The van der Waals surface area contributed by atoms with Crippen LogP contribution in [-0.4, -0.2) is 0 Å². The zero-order valence-electron chi connectivity index (χ0n) is 34.1. The molecule has 0 radical (unpaired) electrons. The molecular weight excluding hydrogens is 727 g/mol. The Hall–Kier alpha value is -7.42. The van der Waals surface area contributed by atoms with Gasteiger partial charge in [-0.05, 0) is 115 Å². The summed E-state index contributed by atoms with van der Waals surface area (Å²) >= 11 is 0. The fraction of sp³-hybridized carbons (Fsp3) is 0.0690. The second-order valence-corrected chi connectivity index (χ2v) is 16.5. The van der Waals surface area contributed by atoms with Gasteiger partial charge in [-0.1, -0.05) is 191 Å². The van der Waals surface area contributed by atoms with Crippen molar-refractivity contribution in [2.75, 3.05) is 4.90 Å². The number of nitrogens with zero attached hydrogens (tertiary/aromatic N) is 1. The molecule has 0 saturated carbocycles. The van der Waals surface area contributed by atoms with Crippen LogP contribution in [0.25, 0.3) is 77.6 Å². The van der Waals surface area contributed by atoms with Crippen molar-refractivity contribution in [3.8, 4) is 55.6 Å². The van der Waals surface area contributed by atoms with Gasteiger partial charge in [0.15, 0.2) is 0 Å². The molecule has 288 valence electrons. The SMILES string of the molecule is CC(C)(C)c1cc(-c2ccccc2)ccc1-c1ccc(N(c2ccc(-c3ccccc3)cc2)c2ccc(-c3cccc4oc5ccccc5c34)c(-c3ccccc3)c2)cc1. The highest BCUT2D eigenvalue weighted by molar-refractivity contribution is 6.13. The van der Waals surface area contributed by atoms with Gasteiger partial charge in [-0.3, -0.25) is 0 Å². The fourth-order valence-electron chi connectivity index (χ4n) is 8.66. The Bertz CT molecular complexity index is 3080. The molecule has 0 N–H and O–H groups in total. The maximum absolute atomic E-state index is 6.36. The normalized spacial score (nSPS) is 11.6. The summed E-state index contributed by atoms with van der Waals surface area (Å²) in [7, 11) is 0. The van der Waals surface area contributed by atoms with Gasteiger partial charge in [0.1, 0.15) is 11.2 Å².